The van der Waals surface area contributed by atoms with Gasteiger partial charge in [0.1, 0.15) is 5.75 Å². The first-order valence-electron chi connectivity index (χ1n) is 5.97. The molecule has 6 nitrogen and oxygen atoms in total. The lowest BCUT2D eigenvalue weighted by Gasteiger charge is -2.04. The lowest BCUT2D eigenvalue weighted by Crippen LogP contribution is -2.12. The Morgan fingerprint density at radius 3 is 2.90 bits per heavy atom. The van der Waals surface area contributed by atoms with E-state index in [-0.39, 0.29) is 17.4 Å². The molecule has 1 aromatic heterocycles. The minimum absolute atomic E-state index is 0.0823. The molecule has 1 heterocycles. The van der Waals surface area contributed by atoms with Crippen molar-refractivity contribution in [1.82, 2.24) is 10.2 Å². The van der Waals surface area contributed by atoms with Crippen LogP contribution in [0.4, 0.5) is 11.4 Å². The molecule has 100 valence electrons. The number of H-pyrrole nitrogens is 1. The van der Waals surface area contributed by atoms with Gasteiger partial charge < -0.3 is 16.2 Å². The maximum atomic E-state index is 12.2. The van der Waals surface area contributed by atoms with Gasteiger partial charge in [-0.15, -0.1) is 0 Å². The van der Waals surface area contributed by atoms with E-state index < -0.39 is 0 Å². The Bertz CT molecular complexity index is 795. The number of aromatic hydroxyl groups is 1. The van der Waals surface area contributed by atoms with Crippen LogP contribution < -0.4 is 11.1 Å². The van der Waals surface area contributed by atoms with Crippen LogP contribution in [0.2, 0.25) is 0 Å². The number of aromatic amines is 1. The number of nitrogens with one attached hydrogen (secondary N) is 2. The maximum absolute atomic E-state index is 12.2. The van der Waals surface area contributed by atoms with Gasteiger partial charge in [0, 0.05) is 22.8 Å². The smallest absolute Gasteiger partial charge is 0.276 e. The molecule has 0 unspecified atom stereocenters. The zero-order valence-corrected chi connectivity index (χ0v) is 10.4. The average Bonchev–Trinajstić information content (AvgIpc) is 2.81. The Hall–Kier alpha value is -3.02. The molecule has 0 atom stereocenters. The van der Waals surface area contributed by atoms with Crippen LogP contribution in [0, 0.1) is 0 Å². The highest BCUT2D eigenvalue weighted by Gasteiger charge is 2.14. The van der Waals surface area contributed by atoms with E-state index in [2.05, 4.69) is 15.5 Å². The van der Waals surface area contributed by atoms with E-state index in [9.17, 15) is 9.90 Å². The third kappa shape index (κ3) is 2.14. The molecule has 3 rings (SSSR count). The highest BCUT2D eigenvalue weighted by molar-refractivity contribution is 6.11. The van der Waals surface area contributed by atoms with E-state index in [1.54, 1.807) is 30.3 Å². The first kappa shape index (κ1) is 12.0. The summed E-state index contributed by atoms with van der Waals surface area (Å²) in [7, 11) is 0. The Morgan fingerprint density at radius 1 is 1.25 bits per heavy atom. The van der Waals surface area contributed by atoms with Gasteiger partial charge in [0.25, 0.3) is 5.91 Å². The first-order valence-corrected chi connectivity index (χ1v) is 5.97. The lowest BCUT2D eigenvalue weighted by atomic mass is 10.2. The highest BCUT2D eigenvalue weighted by atomic mass is 16.3. The third-order valence-corrected chi connectivity index (χ3v) is 2.91. The number of nitrogen functional groups attached to an aromatic ring is 1. The van der Waals surface area contributed by atoms with E-state index in [4.69, 9.17) is 5.73 Å². The SMILES string of the molecule is Nc1ccc2[nH]nc(C(=O)Nc3cccc(O)c3)c2c1. The zero-order chi connectivity index (χ0) is 14.1. The number of fused-ring (bicyclic) bond motifs is 1. The molecule has 20 heavy (non-hydrogen) atoms. The second-order valence-electron chi connectivity index (χ2n) is 4.38. The van der Waals surface area contributed by atoms with Crippen molar-refractivity contribution in [2.75, 3.05) is 11.1 Å². The van der Waals surface area contributed by atoms with Crippen molar-refractivity contribution in [3.63, 3.8) is 0 Å². The van der Waals surface area contributed by atoms with Crippen LogP contribution >= 0.6 is 0 Å². The molecule has 0 aliphatic carbocycles. The van der Waals surface area contributed by atoms with E-state index in [0.717, 1.165) is 5.52 Å². The Morgan fingerprint density at radius 2 is 2.10 bits per heavy atom. The Balaban J connectivity index is 1.94. The summed E-state index contributed by atoms with van der Waals surface area (Å²) in [5.74, 6) is -0.286. The number of nitrogens with zero attached hydrogens (tertiary/aromatic N) is 1. The molecule has 0 aliphatic rings. The Kier molecular flexibility index (Phi) is 2.76. The van der Waals surface area contributed by atoms with Crippen LogP contribution in [0.15, 0.2) is 42.5 Å². The number of nitrogens with two attached hydrogens (primary N) is 1. The fourth-order valence-corrected chi connectivity index (χ4v) is 1.98. The minimum Gasteiger partial charge on any atom is -0.508 e. The van der Waals surface area contributed by atoms with Crippen LogP contribution in [0.5, 0.6) is 5.75 Å². The standard InChI is InChI=1S/C14H12N4O2/c15-8-4-5-12-11(6-8)13(18-17-12)14(20)16-9-2-1-3-10(19)7-9/h1-7,19H,15H2,(H,16,20)(H,17,18). The number of hydrogen-bond donors (Lipinski definition) is 4. The van der Waals surface area contributed by atoms with Crippen LogP contribution in [0.25, 0.3) is 10.9 Å². The van der Waals surface area contributed by atoms with Gasteiger partial charge in [0.15, 0.2) is 5.69 Å². The summed E-state index contributed by atoms with van der Waals surface area (Å²) in [5.41, 5.74) is 7.77. The normalized spacial score (nSPS) is 10.6. The van der Waals surface area contributed by atoms with Crippen molar-refractivity contribution in [2.24, 2.45) is 0 Å². The fraction of sp³-hybridized carbons (Fsp3) is 0. The van der Waals surface area contributed by atoms with E-state index >= 15 is 0 Å². The van der Waals surface area contributed by atoms with Gasteiger partial charge in [-0.1, -0.05) is 6.07 Å². The third-order valence-electron chi connectivity index (χ3n) is 2.91. The van der Waals surface area contributed by atoms with Crippen molar-refractivity contribution in [3.05, 3.63) is 48.2 Å². The first-order chi connectivity index (χ1) is 9.63. The molecular weight excluding hydrogens is 256 g/mol. The largest absolute Gasteiger partial charge is 0.508 e. The number of amides is 1. The molecule has 2 aromatic carbocycles. The van der Waals surface area contributed by atoms with Gasteiger partial charge >= 0.3 is 0 Å². The van der Waals surface area contributed by atoms with E-state index in [0.29, 0.717) is 16.8 Å². The number of phenolic OH excluding ortho intramolecular Hbond substituents is 1. The van der Waals surface area contributed by atoms with Crippen molar-refractivity contribution < 1.29 is 9.90 Å². The summed E-state index contributed by atoms with van der Waals surface area (Å²) in [5, 5.41) is 19.5. The Labute approximate surface area is 114 Å². The minimum atomic E-state index is -0.368. The topological polar surface area (TPSA) is 104 Å². The van der Waals surface area contributed by atoms with Gasteiger partial charge in [-0.3, -0.25) is 9.89 Å². The van der Waals surface area contributed by atoms with E-state index in [1.165, 1.54) is 12.1 Å². The summed E-state index contributed by atoms with van der Waals surface area (Å²) in [6, 6.07) is 11.5. The molecule has 0 aliphatic heterocycles. The van der Waals surface area contributed by atoms with E-state index in [1.807, 2.05) is 0 Å². The molecule has 5 N–H and O–H groups in total. The van der Waals surface area contributed by atoms with Gasteiger partial charge in [-0.2, -0.15) is 5.10 Å². The lowest BCUT2D eigenvalue weighted by molar-refractivity contribution is 0.102. The van der Waals surface area contributed by atoms with Gasteiger partial charge in [0.2, 0.25) is 0 Å². The predicted octanol–water partition coefficient (Wildman–Crippen LogP) is 2.10. The molecule has 0 bridgehead atoms. The number of rotatable bonds is 2. The van der Waals surface area contributed by atoms with Crippen molar-refractivity contribution in [2.45, 2.75) is 0 Å². The summed E-state index contributed by atoms with van der Waals surface area (Å²) >= 11 is 0. The van der Waals surface area contributed by atoms with Crippen LogP contribution in [-0.2, 0) is 0 Å². The molecule has 6 heteroatoms. The van der Waals surface area contributed by atoms with Gasteiger partial charge in [0.05, 0.1) is 5.52 Å². The summed E-state index contributed by atoms with van der Waals surface area (Å²) in [6.45, 7) is 0. The number of carbonyl (C=O) groups excluding carboxylic acids is 1. The second kappa shape index (κ2) is 4.58. The number of aromatic nitrogens is 2. The van der Waals surface area contributed by atoms with Gasteiger partial charge in [-0.05, 0) is 30.3 Å². The van der Waals surface area contributed by atoms with Crippen molar-refractivity contribution in [1.29, 1.82) is 0 Å². The number of hydrogen-bond acceptors (Lipinski definition) is 4. The number of carbonyl (C=O) groups is 1. The summed E-state index contributed by atoms with van der Waals surface area (Å²) < 4.78 is 0. The molecule has 0 saturated heterocycles. The number of benzene rings is 2. The molecule has 1 amide bonds. The molecule has 0 radical (unpaired) electrons. The fourth-order valence-electron chi connectivity index (χ4n) is 1.98. The van der Waals surface area contributed by atoms with Crippen LogP contribution in [-0.4, -0.2) is 21.2 Å². The summed E-state index contributed by atoms with van der Waals surface area (Å²) in [4.78, 5) is 12.2. The highest BCUT2D eigenvalue weighted by Crippen LogP contribution is 2.21. The molecular formula is C14H12N4O2. The van der Waals surface area contributed by atoms with Crippen molar-refractivity contribution >= 4 is 28.2 Å². The number of anilines is 2. The molecule has 0 spiro atoms. The quantitative estimate of drug-likeness (QED) is 0.534. The van der Waals surface area contributed by atoms with Crippen molar-refractivity contribution in [3.8, 4) is 5.75 Å². The molecule has 3 aromatic rings. The maximum Gasteiger partial charge on any atom is 0.276 e. The predicted molar refractivity (Wildman–Crippen MR) is 76.6 cm³/mol. The molecule has 0 fully saturated rings. The average molecular weight is 268 g/mol. The molecule has 0 saturated carbocycles. The van der Waals surface area contributed by atoms with Crippen LogP contribution in [0.3, 0.4) is 0 Å². The number of phenols is 1. The second-order valence-corrected chi connectivity index (χ2v) is 4.38. The summed E-state index contributed by atoms with van der Waals surface area (Å²) in [6.07, 6.45) is 0. The van der Waals surface area contributed by atoms with Crippen LogP contribution in [0.1, 0.15) is 10.5 Å². The zero-order valence-electron chi connectivity index (χ0n) is 10.4. The monoisotopic (exact) mass is 268 g/mol. The van der Waals surface area contributed by atoms with Gasteiger partial charge in [-0.25, -0.2) is 0 Å².